The Hall–Kier alpha value is -1.85. The second kappa shape index (κ2) is 6.36. The maximum absolute atomic E-state index is 11.0. The zero-order valence-electron chi connectivity index (χ0n) is 12.3. The van der Waals surface area contributed by atoms with Crippen LogP contribution in [-0.4, -0.2) is 35.5 Å². The number of amides is 1. The summed E-state index contributed by atoms with van der Waals surface area (Å²) in [6, 6.07) is 0.552. The lowest BCUT2D eigenvalue weighted by Crippen LogP contribution is -2.40. The topological polar surface area (TPSA) is 75.4 Å². The summed E-state index contributed by atoms with van der Waals surface area (Å²) in [6.07, 6.45) is 3.31. The Morgan fingerprint density at radius 1 is 1.42 bits per heavy atom. The van der Waals surface area contributed by atoms with Gasteiger partial charge in [0.15, 0.2) is 5.82 Å². The second-order valence-electron chi connectivity index (χ2n) is 4.91. The van der Waals surface area contributed by atoms with Crippen molar-refractivity contribution in [3.8, 4) is 0 Å². The first-order valence-electron chi connectivity index (χ1n) is 6.51. The van der Waals surface area contributed by atoms with Crippen molar-refractivity contribution in [1.82, 2.24) is 9.97 Å². The molecule has 1 amide bonds. The maximum Gasteiger partial charge on any atom is 0.222 e. The number of nitrogens with two attached hydrogens (primary N) is 1. The van der Waals surface area contributed by atoms with Crippen molar-refractivity contribution in [3.05, 3.63) is 6.20 Å². The quantitative estimate of drug-likeness (QED) is 0.792. The smallest absolute Gasteiger partial charge is 0.222 e. The molecule has 6 heteroatoms. The van der Waals surface area contributed by atoms with Gasteiger partial charge in [0.1, 0.15) is 5.69 Å². The van der Waals surface area contributed by atoms with E-state index in [4.69, 9.17) is 5.73 Å². The summed E-state index contributed by atoms with van der Waals surface area (Å²) in [4.78, 5) is 22.9. The highest BCUT2D eigenvalue weighted by Gasteiger charge is 2.23. The molecule has 1 rings (SSSR count). The van der Waals surface area contributed by atoms with Crippen LogP contribution in [0.25, 0.3) is 0 Å². The molecule has 0 spiro atoms. The molecular formula is C13H23N5O. The Morgan fingerprint density at radius 2 is 2.05 bits per heavy atom. The number of nitrogen functional groups attached to an aromatic ring is 1. The number of aromatic nitrogens is 2. The third-order valence-electron chi connectivity index (χ3n) is 3.17. The highest BCUT2D eigenvalue weighted by molar-refractivity contribution is 5.81. The highest BCUT2D eigenvalue weighted by atomic mass is 16.1. The average Bonchev–Trinajstić information content (AvgIpc) is 2.37. The van der Waals surface area contributed by atoms with E-state index in [1.807, 2.05) is 0 Å². The molecule has 1 unspecified atom stereocenters. The van der Waals surface area contributed by atoms with Crippen molar-refractivity contribution < 1.29 is 4.79 Å². The molecule has 106 valence electrons. The summed E-state index contributed by atoms with van der Waals surface area (Å²) in [5, 5.41) is 0. The standard InChI is InChI=1S/C13H23N5O/c1-6-10(4)18(9(2)3)12-11(17(5)8-19)7-15-13(14)16-12/h7-10H,6H2,1-5H3,(H2,14,15,16). The van der Waals surface area contributed by atoms with Crippen LogP contribution >= 0.6 is 0 Å². The van der Waals surface area contributed by atoms with E-state index >= 15 is 0 Å². The van der Waals surface area contributed by atoms with Crippen molar-refractivity contribution in [1.29, 1.82) is 0 Å². The molecule has 0 aliphatic carbocycles. The van der Waals surface area contributed by atoms with Crippen LogP contribution in [-0.2, 0) is 4.79 Å². The number of anilines is 3. The number of hydrogen-bond donors (Lipinski definition) is 1. The van der Waals surface area contributed by atoms with Crippen LogP contribution in [0.2, 0.25) is 0 Å². The normalized spacial score (nSPS) is 12.3. The molecular weight excluding hydrogens is 242 g/mol. The molecule has 0 aliphatic heterocycles. The van der Waals surface area contributed by atoms with Crippen LogP contribution in [0.15, 0.2) is 6.20 Å². The monoisotopic (exact) mass is 265 g/mol. The molecule has 0 saturated heterocycles. The minimum Gasteiger partial charge on any atom is -0.368 e. The summed E-state index contributed by atoms with van der Waals surface area (Å²) in [7, 11) is 1.68. The molecule has 0 fully saturated rings. The third kappa shape index (κ3) is 3.33. The van der Waals surface area contributed by atoms with Gasteiger partial charge in [-0.1, -0.05) is 6.92 Å². The van der Waals surface area contributed by atoms with Gasteiger partial charge < -0.3 is 15.5 Å². The van der Waals surface area contributed by atoms with E-state index in [9.17, 15) is 4.79 Å². The van der Waals surface area contributed by atoms with Crippen molar-refractivity contribution >= 4 is 23.9 Å². The van der Waals surface area contributed by atoms with Crippen molar-refractivity contribution in [2.75, 3.05) is 22.6 Å². The van der Waals surface area contributed by atoms with Crippen molar-refractivity contribution in [2.45, 2.75) is 46.2 Å². The van der Waals surface area contributed by atoms with Crippen molar-refractivity contribution in [2.24, 2.45) is 0 Å². The Labute approximate surface area is 114 Å². The Morgan fingerprint density at radius 3 is 2.53 bits per heavy atom. The zero-order valence-corrected chi connectivity index (χ0v) is 12.3. The minimum absolute atomic E-state index is 0.215. The fourth-order valence-electron chi connectivity index (χ4n) is 2.03. The average molecular weight is 265 g/mol. The predicted octanol–water partition coefficient (Wildman–Crippen LogP) is 1.66. The highest BCUT2D eigenvalue weighted by Crippen LogP contribution is 2.29. The number of carbonyl (C=O) groups excluding carboxylic acids is 1. The number of nitrogens with zero attached hydrogens (tertiary/aromatic N) is 4. The third-order valence-corrected chi connectivity index (χ3v) is 3.17. The molecule has 0 radical (unpaired) electrons. The first kappa shape index (κ1) is 15.2. The molecule has 1 atom stereocenters. The van der Waals surface area contributed by atoms with Gasteiger partial charge in [0.25, 0.3) is 0 Å². The van der Waals surface area contributed by atoms with E-state index in [1.165, 1.54) is 4.90 Å². The molecule has 0 aromatic carbocycles. The lowest BCUT2D eigenvalue weighted by atomic mass is 10.1. The van der Waals surface area contributed by atoms with E-state index < -0.39 is 0 Å². The second-order valence-corrected chi connectivity index (χ2v) is 4.91. The van der Waals surface area contributed by atoms with Crippen LogP contribution < -0.4 is 15.5 Å². The van der Waals surface area contributed by atoms with Crippen LogP contribution in [0.3, 0.4) is 0 Å². The summed E-state index contributed by atoms with van der Waals surface area (Å²) in [5.74, 6) is 0.915. The summed E-state index contributed by atoms with van der Waals surface area (Å²) in [6.45, 7) is 8.43. The van der Waals surface area contributed by atoms with Gasteiger partial charge in [-0.2, -0.15) is 4.98 Å². The molecule has 1 aromatic rings. The minimum atomic E-state index is 0.215. The molecule has 0 bridgehead atoms. The molecule has 1 aromatic heterocycles. The van der Waals surface area contributed by atoms with Gasteiger partial charge in [0, 0.05) is 19.1 Å². The van der Waals surface area contributed by atoms with Crippen molar-refractivity contribution in [3.63, 3.8) is 0 Å². The van der Waals surface area contributed by atoms with Gasteiger partial charge in [0.2, 0.25) is 12.4 Å². The van der Waals surface area contributed by atoms with Crippen LogP contribution in [0.1, 0.15) is 34.1 Å². The fraction of sp³-hybridized carbons (Fsp3) is 0.615. The Bertz CT molecular complexity index is 435. The molecule has 19 heavy (non-hydrogen) atoms. The SMILES string of the molecule is CCC(C)N(c1nc(N)ncc1N(C)C=O)C(C)C. The first-order chi connectivity index (χ1) is 8.92. The molecule has 0 saturated carbocycles. The Balaban J connectivity index is 3.35. The van der Waals surface area contributed by atoms with Crippen LogP contribution in [0.5, 0.6) is 0 Å². The zero-order chi connectivity index (χ0) is 14.6. The predicted molar refractivity (Wildman–Crippen MR) is 78.3 cm³/mol. The number of hydrogen-bond acceptors (Lipinski definition) is 5. The van der Waals surface area contributed by atoms with E-state index in [0.29, 0.717) is 17.5 Å². The fourth-order valence-corrected chi connectivity index (χ4v) is 2.03. The largest absolute Gasteiger partial charge is 0.368 e. The van der Waals surface area contributed by atoms with Gasteiger partial charge in [0.05, 0.1) is 6.20 Å². The van der Waals surface area contributed by atoms with Gasteiger partial charge >= 0.3 is 0 Å². The number of rotatable bonds is 6. The summed E-state index contributed by atoms with van der Waals surface area (Å²) in [5.41, 5.74) is 6.36. The Kier molecular flexibility index (Phi) is 5.09. The van der Waals surface area contributed by atoms with Gasteiger partial charge in [-0.15, -0.1) is 0 Å². The maximum atomic E-state index is 11.0. The van der Waals surface area contributed by atoms with E-state index in [-0.39, 0.29) is 12.0 Å². The lowest BCUT2D eigenvalue weighted by molar-refractivity contribution is -0.107. The van der Waals surface area contributed by atoms with Gasteiger partial charge in [-0.25, -0.2) is 4.98 Å². The van der Waals surface area contributed by atoms with E-state index in [1.54, 1.807) is 13.2 Å². The first-order valence-corrected chi connectivity index (χ1v) is 6.51. The van der Waals surface area contributed by atoms with E-state index in [2.05, 4.69) is 42.6 Å². The van der Waals surface area contributed by atoms with E-state index in [0.717, 1.165) is 12.8 Å². The molecule has 6 nitrogen and oxygen atoms in total. The summed E-state index contributed by atoms with van der Waals surface area (Å²) < 4.78 is 0. The lowest BCUT2D eigenvalue weighted by Gasteiger charge is -2.35. The molecule has 1 heterocycles. The molecule has 2 N–H and O–H groups in total. The van der Waals surface area contributed by atoms with Crippen LogP contribution in [0.4, 0.5) is 17.5 Å². The molecule has 0 aliphatic rings. The van der Waals surface area contributed by atoms with Gasteiger partial charge in [-0.3, -0.25) is 4.79 Å². The van der Waals surface area contributed by atoms with Crippen LogP contribution in [0, 0.1) is 0 Å². The van der Waals surface area contributed by atoms with Gasteiger partial charge in [-0.05, 0) is 27.2 Å². The summed E-state index contributed by atoms with van der Waals surface area (Å²) >= 11 is 0. The number of carbonyl (C=O) groups is 1.